The summed E-state index contributed by atoms with van der Waals surface area (Å²) < 4.78 is 51.0. The van der Waals surface area contributed by atoms with Crippen LogP contribution in [0.25, 0.3) is 0 Å². The van der Waals surface area contributed by atoms with Crippen LogP contribution in [0.3, 0.4) is 0 Å². The molecule has 0 aliphatic rings. The maximum Gasteiger partial charge on any atom is 0.418 e. The third-order valence-electron chi connectivity index (χ3n) is 2.71. The number of halogens is 5. The van der Waals surface area contributed by atoms with Gasteiger partial charge in [0.25, 0.3) is 5.69 Å². The van der Waals surface area contributed by atoms with E-state index >= 15 is 0 Å². The standard InChI is InChI=1S/C13H7ClF4N2O2/c14-10-6-11(19-8-3-1-7(15)2-4-8)12(20(21)22)5-9(10)13(16,17)18/h1-6,19H. The van der Waals surface area contributed by atoms with E-state index in [-0.39, 0.29) is 11.4 Å². The van der Waals surface area contributed by atoms with E-state index in [1.165, 1.54) is 12.1 Å². The number of rotatable bonds is 3. The highest BCUT2D eigenvalue weighted by molar-refractivity contribution is 6.31. The normalized spacial score (nSPS) is 11.3. The molecule has 2 rings (SSSR count). The zero-order valence-electron chi connectivity index (χ0n) is 10.6. The zero-order chi connectivity index (χ0) is 16.5. The first kappa shape index (κ1) is 16.0. The predicted molar refractivity (Wildman–Crippen MR) is 72.8 cm³/mol. The first-order valence-electron chi connectivity index (χ1n) is 5.76. The number of nitro benzene ring substituents is 1. The van der Waals surface area contributed by atoms with Gasteiger partial charge in [0.05, 0.1) is 15.5 Å². The molecule has 116 valence electrons. The Labute approximate surface area is 126 Å². The highest BCUT2D eigenvalue weighted by Crippen LogP contribution is 2.40. The quantitative estimate of drug-likeness (QED) is 0.480. The molecule has 0 amide bonds. The van der Waals surface area contributed by atoms with Crippen LogP contribution in [0.1, 0.15) is 5.56 Å². The lowest BCUT2D eigenvalue weighted by Crippen LogP contribution is -2.08. The average Bonchev–Trinajstić information content (AvgIpc) is 2.39. The molecule has 2 aromatic carbocycles. The van der Waals surface area contributed by atoms with E-state index < -0.39 is 33.2 Å². The SMILES string of the molecule is O=[N+]([O-])c1cc(C(F)(F)F)c(Cl)cc1Nc1ccc(F)cc1. The third-order valence-corrected chi connectivity index (χ3v) is 3.02. The van der Waals surface area contributed by atoms with Gasteiger partial charge in [-0.05, 0) is 30.3 Å². The van der Waals surface area contributed by atoms with Gasteiger partial charge in [-0.2, -0.15) is 13.2 Å². The summed E-state index contributed by atoms with van der Waals surface area (Å²) >= 11 is 5.54. The molecule has 0 bridgehead atoms. The molecule has 0 aliphatic heterocycles. The summed E-state index contributed by atoms with van der Waals surface area (Å²) in [6.07, 6.45) is -4.81. The fourth-order valence-electron chi connectivity index (χ4n) is 1.72. The number of nitrogens with one attached hydrogen (secondary N) is 1. The molecule has 9 heteroatoms. The topological polar surface area (TPSA) is 55.2 Å². The molecule has 0 heterocycles. The van der Waals surface area contributed by atoms with Crippen molar-refractivity contribution in [1.29, 1.82) is 0 Å². The Kier molecular flexibility index (Phi) is 4.23. The van der Waals surface area contributed by atoms with Gasteiger partial charge in [0.1, 0.15) is 11.5 Å². The summed E-state index contributed by atoms with van der Waals surface area (Å²) in [7, 11) is 0. The maximum absolute atomic E-state index is 12.8. The summed E-state index contributed by atoms with van der Waals surface area (Å²) in [5.41, 5.74) is -2.05. The number of benzene rings is 2. The summed E-state index contributed by atoms with van der Waals surface area (Å²) in [5.74, 6) is -0.523. The van der Waals surface area contributed by atoms with Crippen LogP contribution in [0, 0.1) is 15.9 Å². The van der Waals surface area contributed by atoms with Crippen molar-refractivity contribution in [3.05, 3.63) is 62.9 Å². The van der Waals surface area contributed by atoms with Crippen molar-refractivity contribution in [2.24, 2.45) is 0 Å². The molecule has 2 aromatic rings. The van der Waals surface area contributed by atoms with Crippen LogP contribution in [0.2, 0.25) is 5.02 Å². The minimum absolute atomic E-state index is 0.227. The average molecular weight is 335 g/mol. The number of nitrogens with zero attached hydrogens (tertiary/aromatic N) is 1. The first-order chi connectivity index (χ1) is 10.2. The van der Waals surface area contributed by atoms with Crippen LogP contribution in [0.15, 0.2) is 36.4 Å². The van der Waals surface area contributed by atoms with E-state index in [2.05, 4.69) is 5.32 Å². The Morgan fingerprint density at radius 2 is 1.73 bits per heavy atom. The molecule has 0 unspecified atom stereocenters. The van der Waals surface area contributed by atoms with E-state index in [1.54, 1.807) is 0 Å². The van der Waals surface area contributed by atoms with Crippen molar-refractivity contribution in [2.75, 3.05) is 5.32 Å². The van der Waals surface area contributed by atoms with E-state index in [4.69, 9.17) is 11.6 Å². The van der Waals surface area contributed by atoms with Crippen molar-refractivity contribution in [3.8, 4) is 0 Å². The largest absolute Gasteiger partial charge is 0.418 e. The van der Waals surface area contributed by atoms with Crippen LogP contribution in [0.5, 0.6) is 0 Å². The van der Waals surface area contributed by atoms with Crippen molar-refractivity contribution in [3.63, 3.8) is 0 Å². The van der Waals surface area contributed by atoms with E-state index in [9.17, 15) is 27.7 Å². The van der Waals surface area contributed by atoms with Crippen LogP contribution >= 0.6 is 11.6 Å². The molecular formula is C13H7ClF4N2O2. The van der Waals surface area contributed by atoms with Gasteiger partial charge in [-0.1, -0.05) is 11.6 Å². The molecule has 0 aromatic heterocycles. The van der Waals surface area contributed by atoms with Gasteiger partial charge < -0.3 is 5.32 Å². The van der Waals surface area contributed by atoms with Crippen molar-refractivity contribution in [1.82, 2.24) is 0 Å². The molecule has 4 nitrogen and oxygen atoms in total. The number of alkyl halides is 3. The highest BCUT2D eigenvalue weighted by Gasteiger charge is 2.36. The molecule has 0 aliphatic carbocycles. The second kappa shape index (κ2) is 5.80. The summed E-state index contributed by atoms with van der Waals surface area (Å²) in [6.45, 7) is 0. The Balaban J connectivity index is 2.49. The molecule has 22 heavy (non-hydrogen) atoms. The molecule has 0 saturated carbocycles. The number of nitro groups is 1. The second-order valence-corrected chi connectivity index (χ2v) is 4.64. The Morgan fingerprint density at radius 1 is 1.14 bits per heavy atom. The van der Waals surface area contributed by atoms with Crippen molar-refractivity contribution < 1.29 is 22.5 Å². The van der Waals surface area contributed by atoms with Crippen LogP contribution in [0.4, 0.5) is 34.6 Å². The highest BCUT2D eigenvalue weighted by atomic mass is 35.5. The second-order valence-electron chi connectivity index (χ2n) is 4.24. The van der Waals surface area contributed by atoms with Gasteiger partial charge in [0, 0.05) is 11.8 Å². The molecule has 0 atom stereocenters. The van der Waals surface area contributed by atoms with Crippen molar-refractivity contribution in [2.45, 2.75) is 6.18 Å². The van der Waals surface area contributed by atoms with Gasteiger partial charge in [-0.25, -0.2) is 4.39 Å². The molecule has 1 N–H and O–H groups in total. The van der Waals surface area contributed by atoms with Gasteiger partial charge in [-0.15, -0.1) is 0 Å². The van der Waals surface area contributed by atoms with Gasteiger partial charge >= 0.3 is 6.18 Å². The van der Waals surface area contributed by atoms with Gasteiger partial charge in [0.2, 0.25) is 0 Å². The monoisotopic (exact) mass is 334 g/mol. The van der Waals surface area contributed by atoms with E-state index in [0.29, 0.717) is 6.07 Å². The lowest BCUT2D eigenvalue weighted by atomic mass is 10.1. The Bertz CT molecular complexity index is 717. The summed E-state index contributed by atoms with van der Waals surface area (Å²) in [6, 6.07) is 5.93. The molecule has 0 saturated heterocycles. The van der Waals surface area contributed by atoms with Crippen LogP contribution in [-0.2, 0) is 6.18 Å². The number of hydrogen-bond acceptors (Lipinski definition) is 3. The van der Waals surface area contributed by atoms with Crippen molar-refractivity contribution >= 4 is 28.7 Å². The van der Waals surface area contributed by atoms with Crippen LogP contribution < -0.4 is 5.32 Å². The van der Waals surface area contributed by atoms with E-state index in [0.717, 1.165) is 18.2 Å². The van der Waals surface area contributed by atoms with E-state index in [1.807, 2.05) is 0 Å². The molecule has 0 fully saturated rings. The fraction of sp³-hybridized carbons (Fsp3) is 0.0769. The molecule has 0 spiro atoms. The van der Waals surface area contributed by atoms with Gasteiger partial charge in [-0.3, -0.25) is 10.1 Å². The fourth-order valence-corrected chi connectivity index (χ4v) is 1.99. The Morgan fingerprint density at radius 3 is 2.23 bits per heavy atom. The lowest BCUT2D eigenvalue weighted by Gasteiger charge is -2.12. The first-order valence-corrected chi connectivity index (χ1v) is 6.14. The number of hydrogen-bond donors (Lipinski definition) is 1. The number of anilines is 2. The minimum Gasteiger partial charge on any atom is -0.350 e. The predicted octanol–water partition coefficient (Wildman–Crippen LogP) is 5.15. The van der Waals surface area contributed by atoms with Crippen LogP contribution in [-0.4, -0.2) is 4.92 Å². The summed E-state index contributed by atoms with van der Waals surface area (Å²) in [5, 5.41) is 12.8. The Hall–Kier alpha value is -2.35. The smallest absolute Gasteiger partial charge is 0.350 e. The molecular weight excluding hydrogens is 328 g/mol. The zero-order valence-corrected chi connectivity index (χ0v) is 11.4. The lowest BCUT2D eigenvalue weighted by molar-refractivity contribution is -0.384. The van der Waals surface area contributed by atoms with Gasteiger partial charge in [0.15, 0.2) is 0 Å². The minimum atomic E-state index is -4.81. The summed E-state index contributed by atoms with van der Waals surface area (Å²) in [4.78, 5) is 9.99. The molecule has 0 radical (unpaired) electrons. The third kappa shape index (κ3) is 3.45. The maximum atomic E-state index is 12.8.